The minimum atomic E-state index is -0.134. The first kappa shape index (κ1) is 17.3. The fourth-order valence-corrected chi connectivity index (χ4v) is 2.23. The van der Waals surface area contributed by atoms with Gasteiger partial charge < -0.3 is 16.0 Å². The van der Waals surface area contributed by atoms with E-state index in [1.165, 1.54) is 6.33 Å². The van der Waals surface area contributed by atoms with Gasteiger partial charge in [0.25, 0.3) is 5.91 Å². The van der Waals surface area contributed by atoms with E-state index in [-0.39, 0.29) is 5.91 Å². The van der Waals surface area contributed by atoms with Gasteiger partial charge in [-0.15, -0.1) is 0 Å². The Labute approximate surface area is 151 Å². The molecule has 0 saturated carbocycles. The first-order valence-electron chi connectivity index (χ1n) is 8.14. The van der Waals surface area contributed by atoms with Crippen molar-refractivity contribution in [2.75, 3.05) is 23.7 Å². The first-order chi connectivity index (χ1) is 12.7. The zero-order valence-electron chi connectivity index (χ0n) is 14.3. The molecule has 8 nitrogen and oxygen atoms in total. The van der Waals surface area contributed by atoms with E-state index in [9.17, 15) is 4.79 Å². The van der Waals surface area contributed by atoms with E-state index < -0.39 is 0 Å². The summed E-state index contributed by atoms with van der Waals surface area (Å²) in [5, 5.41) is 9.12. The third kappa shape index (κ3) is 4.97. The molecule has 3 aromatic heterocycles. The molecular formula is C18H19N7O. The number of anilines is 3. The van der Waals surface area contributed by atoms with Crippen LogP contribution in [0.25, 0.3) is 0 Å². The van der Waals surface area contributed by atoms with Gasteiger partial charge >= 0.3 is 0 Å². The molecule has 0 radical (unpaired) electrons. The van der Waals surface area contributed by atoms with E-state index in [1.807, 2.05) is 19.1 Å². The minimum Gasteiger partial charge on any atom is -0.368 e. The Bertz CT molecular complexity index is 870. The van der Waals surface area contributed by atoms with Crippen LogP contribution in [0.5, 0.6) is 0 Å². The van der Waals surface area contributed by atoms with Crippen LogP contribution in [-0.4, -0.2) is 38.9 Å². The van der Waals surface area contributed by atoms with Crippen LogP contribution in [0.3, 0.4) is 0 Å². The van der Waals surface area contributed by atoms with Gasteiger partial charge in [-0.1, -0.05) is 0 Å². The van der Waals surface area contributed by atoms with Crippen molar-refractivity contribution >= 4 is 23.4 Å². The van der Waals surface area contributed by atoms with E-state index in [1.54, 1.807) is 36.8 Å². The van der Waals surface area contributed by atoms with Crippen molar-refractivity contribution in [1.82, 2.24) is 25.3 Å². The third-order valence-electron chi connectivity index (χ3n) is 3.50. The van der Waals surface area contributed by atoms with Crippen molar-refractivity contribution < 1.29 is 4.79 Å². The van der Waals surface area contributed by atoms with Crippen LogP contribution in [-0.2, 0) is 0 Å². The predicted molar refractivity (Wildman–Crippen MR) is 99.3 cm³/mol. The fourth-order valence-electron chi connectivity index (χ4n) is 2.23. The molecule has 0 atom stereocenters. The zero-order chi connectivity index (χ0) is 18.2. The van der Waals surface area contributed by atoms with Gasteiger partial charge in [-0.3, -0.25) is 9.78 Å². The van der Waals surface area contributed by atoms with Crippen LogP contribution in [0, 0.1) is 6.92 Å². The molecule has 0 spiro atoms. The number of aromatic nitrogens is 4. The molecule has 3 heterocycles. The van der Waals surface area contributed by atoms with Crippen molar-refractivity contribution in [3.8, 4) is 0 Å². The smallest absolute Gasteiger partial charge is 0.251 e. The van der Waals surface area contributed by atoms with E-state index in [4.69, 9.17) is 0 Å². The molecule has 0 aliphatic rings. The number of pyridine rings is 2. The Kier molecular flexibility index (Phi) is 5.66. The molecule has 3 aromatic rings. The Balaban J connectivity index is 1.49. The summed E-state index contributed by atoms with van der Waals surface area (Å²) in [6, 6.07) is 8.99. The SMILES string of the molecule is Cc1ccnc(Nc2cc(NCCNC(=O)c3ccncc3)ncn2)c1. The molecule has 0 unspecified atom stereocenters. The van der Waals surface area contributed by atoms with E-state index in [0.717, 1.165) is 11.4 Å². The summed E-state index contributed by atoms with van der Waals surface area (Å²) in [5.41, 5.74) is 1.69. The maximum absolute atomic E-state index is 11.9. The predicted octanol–water partition coefficient (Wildman–Crippen LogP) is 2.16. The lowest BCUT2D eigenvalue weighted by Gasteiger charge is -2.09. The monoisotopic (exact) mass is 349 g/mol. The van der Waals surface area contributed by atoms with Crippen molar-refractivity contribution in [2.24, 2.45) is 0 Å². The van der Waals surface area contributed by atoms with Crippen LogP contribution >= 0.6 is 0 Å². The number of amides is 1. The van der Waals surface area contributed by atoms with E-state index >= 15 is 0 Å². The molecule has 0 fully saturated rings. The van der Waals surface area contributed by atoms with E-state index in [0.29, 0.717) is 30.3 Å². The number of hydrogen-bond acceptors (Lipinski definition) is 7. The highest BCUT2D eigenvalue weighted by atomic mass is 16.1. The van der Waals surface area contributed by atoms with Gasteiger partial charge in [0, 0.05) is 43.3 Å². The zero-order valence-corrected chi connectivity index (χ0v) is 14.3. The topological polar surface area (TPSA) is 105 Å². The largest absolute Gasteiger partial charge is 0.368 e. The van der Waals surface area contributed by atoms with Crippen LogP contribution in [0.2, 0.25) is 0 Å². The Morgan fingerprint density at radius 3 is 2.50 bits per heavy atom. The molecule has 0 aliphatic heterocycles. The quantitative estimate of drug-likeness (QED) is 0.561. The number of rotatable bonds is 7. The maximum atomic E-state index is 11.9. The van der Waals surface area contributed by atoms with Gasteiger partial charge in [-0.2, -0.15) is 0 Å². The molecular weight excluding hydrogens is 330 g/mol. The van der Waals surface area contributed by atoms with Gasteiger partial charge in [0.1, 0.15) is 23.8 Å². The van der Waals surface area contributed by atoms with Crippen molar-refractivity contribution in [1.29, 1.82) is 0 Å². The molecule has 8 heteroatoms. The number of nitrogens with one attached hydrogen (secondary N) is 3. The highest BCUT2D eigenvalue weighted by molar-refractivity contribution is 5.93. The summed E-state index contributed by atoms with van der Waals surface area (Å²) >= 11 is 0. The first-order valence-corrected chi connectivity index (χ1v) is 8.14. The van der Waals surface area contributed by atoms with E-state index in [2.05, 4.69) is 35.9 Å². The standard InChI is InChI=1S/C18H19N7O/c1-13-2-7-20-16(10-13)25-17-11-15(23-12-24-17)21-8-9-22-18(26)14-3-5-19-6-4-14/h2-7,10-12H,8-9H2,1H3,(H,22,26)(H2,20,21,23,24,25). The second kappa shape index (κ2) is 8.52. The Morgan fingerprint density at radius 2 is 1.69 bits per heavy atom. The molecule has 3 N–H and O–H groups in total. The average Bonchev–Trinajstić information content (AvgIpc) is 2.66. The number of nitrogens with zero attached hydrogens (tertiary/aromatic N) is 4. The van der Waals surface area contributed by atoms with Crippen LogP contribution in [0.1, 0.15) is 15.9 Å². The number of carbonyl (C=O) groups is 1. The molecule has 3 rings (SSSR count). The van der Waals surface area contributed by atoms with Gasteiger partial charge in [-0.05, 0) is 36.8 Å². The molecule has 0 bridgehead atoms. The lowest BCUT2D eigenvalue weighted by molar-refractivity contribution is 0.0955. The van der Waals surface area contributed by atoms with Crippen molar-refractivity contribution in [3.05, 3.63) is 66.4 Å². The van der Waals surface area contributed by atoms with Gasteiger partial charge in [0.15, 0.2) is 0 Å². The lowest BCUT2D eigenvalue weighted by Crippen LogP contribution is -2.28. The van der Waals surface area contributed by atoms with Gasteiger partial charge in [-0.25, -0.2) is 15.0 Å². The molecule has 26 heavy (non-hydrogen) atoms. The second-order valence-electron chi connectivity index (χ2n) is 5.55. The van der Waals surface area contributed by atoms with Crippen LogP contribution in [0.4, 0.5) is 17.5 Å². The lowest BCUT2D eigenvalue weighted by atomic mass is 10.2. The molecule has 0 aromatic carbocycles. The summed E-state index contributed by atoms with van der Waals surface area (Å²) in [5.74, 6) is 1.89. The summed E-state index contributed by atoms with van der Waals surface area (Å²) in [6.45, 7) is 3.00. The summed E-state index contributed by atoms with van der Waals surface area (Å²) in [6.07, 6.45) is 6.39. The highest BCUT2D eigenvalue weighted by Gasteiger charge is 2.04. The Hall–Kier alpha value is -3.55. The molecule has 0 saturated heterocycles. The summed E-state index contributed by atoms with van der Waals surface area (Å²) in [4.78, 5) is 28.4. The maximum Gasteiger partial charge on any atom is 0.251 e. The van der Waals surface area contributed by atoms with Gasteiger partial charge in [0.05, 0.1) is 0 Å². The number of aryl methyl sites for hydroxylation is 1. The highest BCUT2D eigenvalue weighted by Crippen LogP contribution is 2.14. The summed E-state index contributed by atoms with van der Waals surface area (Å²) < 4.78 is 0. The number of hydrogen-bond donors (Lipinski definition) is 3. The fraction of sp³-hybridized carbons (Fsp3) is 0.167. The molecule has 0 aliphatic carbocycles. The normalized spacial score (nSPS) is 10.2. The average molecular weight is 349 g/mol. The third-order valence-corrected chi connectivity index (χ3v) is 3.50. The molecule has 132 valence electrons. The van der Waals surface area contributed by atoms with Crippen LogP contribution < -0.4 is 16.0 Å². The molecule has 1 amide bonds. The van der Waals surface area contributed by atoms with Crippen LogP contribution in [0.15, 0.2) is 55.2 Å². The Morgan fingerprint density at radius 1 is 0.923 bits per heavy atom. The van der Waals surface area contributed by atoms with Crippen molar-refractivity contribution in [2.45, 2.75) is 6.92 Å². The van der Waals surface area contributed by atoms with Gasteiger partial charge in [0.2, 0.25) is 0 Å². The minimum absolute atomic E-state index is 0.134. The second-order valence-corrected chi connectivity index (χ2v) is 5.55. The summed E-state index contributed by atoms with van der Waals surface area (Å²) in [7, 11) is 0. The van der Waals surface area contributed by atoms with Crippen molar-refractivity contribution in [3.63, 3.8) is 0 Å². The number of carbonyl (C=O) groups excluding carboxylic acids is 1.